The lowest BCUT2D eigenvalue weighted by Gasteiger charge is -2.32. The number of halogens is 8. The molecular formula is C107H115F8N11O8. The third-order valence-electron chi connectivity index (χ3n) is 25.6. The van der Waals surface area contributed by atoms with Gasteiger partial charge in [0.05, 0.1) is 17.8 Å². The van der Waals surface area contributed by atoms with Crippen LogP contribution in [0.5, 0.6) is 0 Å². The Morgan fingerprint density at radius 2 is 0.791 bits per heavy atom. The van der Waals surface area contributed by atoms with E-state index < -0.39 is 41.9 Å². The van der Waals surface area contributed by atoms with Gasteiger partial charge in [0.2, 0.25) is 23.6 Å². The van der Waals surface area contributed by atoms with Crippen LogP contribution in [0.1, 0.15) is 182 Å². The SMILES string of the molecule is CCC(=O)Nc1ccc2c(c1)CCN2Cc1ccc(C2CCCO2)cc1.CCCc1ccc(Cn2ccc3cc(NC(=O)C4CC4)ccc32)cc1.CNC(=O)Nc1ccc2c(ccn2Cc2ccc(C3CCCO3)cc2)c1.O=C(CO)Nc1ccc2c(c1)CCCN2Cc1ccc(C(F)(F)F)cc1.O=C(Nc1ccc2c(c1)CCN2Cc1ccc(C(F)(F)C(F)(F)F)cc1)C1CCCC1. The number of aryl methyl sites for hydroxylation is 2. The summed E-state index contributed by atoms with van der Waals surface area (Å²) in [7, 11) is 1.61. The summed E-state index contributed by atoms with van der Waals surface area (Å²) < 4.78 is 119. The molecule has 0 spiro atoms. The summed E-state index contributed by atoms with van der Waals surface area (Å²) in [6.45, 7) is 11.3. The number of carbonyl (C=O) groups is 5. The van der Waals surface area contributed by atoms with E-state index in [2.05, 4.69) is 184 Å². The zero-order valence-electron chi connectivity index (χ0n) is 75.7. The van der Waals surface area contributed by atoms with Gasteiger partial charge in [-0.15, -0.1) is 0 Å². The van der Waals surface area contributed by atoms with E-state index in [0.29, 0.717) is 37.3 Å². The van der Waals surface area contributed by atoms with Crippen LogP contribution in [0.3, 0.4) is 0 Å². The predicted molar refractivity (Wildman–Crippen MR) is 512 cm³/mol. The number of anilines is 8. The first kappa shape index (κ1) is 95.8. The summed E-state index contributed by atoms with van der Waals surface area (Å²) in [6.07, 6.45) is 11.9. The smallest absolute Gasteiger partial charge is 0.387 e. The zero-order chi connectivity index (χ0) is 94.0. The van der Waals surface area contributed by atoms with Crippen molar-refractivity contribution in [2.75, 3.05) is 87.8 Å². The van der Waals surface area contributed by atoms with E-state index in [1.54, 1.807) is 13.1 Å². The molecular weight excluding hydrogens is 1720 g/mol. The minimum absolute atomic E-state index is 0.0584. The standard InChI is InChI=1S/C23H23F5N2O.C22H26N2O2.C22H24N2O.C21H23N3O2.C19H19F3N2O2/c24-22(25,23(26,27)28)18-7-5-15(6-8-18)14-30-12-11-17-13-19(9-10-20(17)30)29-21(31)16-3-1-2-4-16;1-2-22(25)23-19-9-10-20-18(14-19)11-12-24(20)15-16-5-7-17(8-6-16)21-4-3-13-26-21;1-2-3-16-4-6-17(7-5-16)15-24-13-12-19-14-20(10-11-21(19)24)23-22(25)18-8-9-18;1-22-21(25)23-18-8-9-19-17(13-18)10-11-24(19)14-15-4-6-16(7-5-15)20-3-2-12-26-20;20-19(21,22)15-5-3-13(4-6-15)11-24-9-1-2-14-10-16(7-8-17(14)24)23-18(26)12-25/h5-10,13,16H,1-4,11-12,14H2,(H,29,31);5-10,14,21H,2-4,11-13,15H2,1H3,(H,23,25);4-7,10-14,18H,2-3,8-9,15H2,1H3,(H,23,25);4-11,13,20H,2-3,12,14H2,1H3,(H2,22,23,25);3-8,10,25H,1-2,9,11-12H2,(H,23,26). The number of ether oxygens (including phenoxy) is 2. The van der Waals surface area contributed by atoms with Crippen LogP contribution in [-0.2, 0) is 99.2 Å². The van der Waals surface area contributed by atoms with Crippen molar-refractivity contribution < 1.29 is 73.7 Å². The highest BCUT2D eigenvalue weighted by molar-refractivity contribution is 5.97. The van der Waals surface area contributed by atoms with Crippen LogP contribution in [0.25, 0.3) is 21.8 Å². The van der Waals surface area contributed by atoms with Crippen LogP contribution in [0, 0.1) is 11.8 Å². The third kappa shape index (κ3) is 25.0. The van der Waals surface area contributed by atoms with Gasteiger partial charge in [0.25, 0.3) is 0 Å². The molecule has 5 aliphatic heterocycles. The van der Waals surface area contributed by atoms with Crippen molar-refractivity contribution in [3.63, 3.8) is 0 Å². The number of rotatable bonds is 24. The Labute approximate surface area is 776 Å². The number of hydrogen-bond donors (Lipinski definition) is 7. The maximum Gasteiger partial charge on any atom is 0.458 e. The summed E-state index contributed by atoms with van der Waals surface area (Å²) in [5, 5.41) is 28.0. The minimum Gasteiger partial charge on any atom is -0.387 e. The van der Waals surface area contributed by atoms with Gasteiger partial charge in [-0.05, 0) is 260 Å². The van der Waals surface area contributed by atoms with E-state index in [4.69, 9.17) is 14.6 Å². The first-order valence-corrected chi connectivity index (χ1v) is 46.5. The van der Waals surface area contributed by atoms with E-state index >= 15 is 0 Å². The molecule has 0 radical (unpaired) electrons. The highest BCUT2D eigenvalue weighted by Crippen LogP contribution is 2.45. The average molecular weight is 1840 g/mol. The Balaban J connectivity index is 0.000000128. The van der Waals surface area contributed by atoms with Gasteiger partial charge < -0.3 is 70.3 Å². The Morgan fingerprint density at radius 3 is 1.22 bits per heavy atom. The van der Waals surface area contributed by atoms with Gasteiger partial charge in [-0.1, -0.05) is 142 Å². The van der Waals surface area contributed by atoms with Crippen LogP contribution in [0.15, 0.2) is 237 Å². The molecule has 2 saturated carbocycles. The quantitative estimate of drug-likeness (QED) is 0.0283. The summed E-state index contributed by atoms with van der Waals surface area (Å²) in [5.41, 5.74) is 20.6. The molecule has 27 heteroatoms. The van der Waals surface area contributed by atoms with Gasteiger partial charge in [-0.25, -0.2) is 4.79 Å². The van der Waals surface area contributed by atoms with Gasteiger partial charge in [-0.2, -0.15) is 35.1 Å². The molecule has 7 aliphatic rings. The topological polar surface area (TPSA) is 216 Å². The first-order valence-electron chi connectivity index (χ1n) is 46.5. The van der Waals surface area contributed by atoms with Gasteiger partial charge in [0.1, 0.15) is 6.61 Å². The number of fused-ring (bicyclic) bond motifs is 5. The largest absolute Gasteiger partial charge is 0.458 e. The lowest BCUT2D eigenvalue weighted by Crippen LogP contribution is -2.33. The van der Waals surface area contributed by atoms with Crippen molar-refractivity contribution in [2.45, 2.75) is 186 Å². The van der Waals surface area contributed by atoms with Gasteiger partial charge in [-0.3, -0.25) is 19.2 Å². The second-order valence-electron chi connectivity index (χ2n) is 35.4. The summed E-state index contributed by atoms with van der Waals surface area (Å²) in [6, 6.07) is 69.6. The van der Waals surface area contributed by atoms with Crippen molar-refractivity contribution in [1.82, 2.24) is 14.5 Å². The summed E-state index contributed by atoms with van der Waals surface area (Å²) in [5.74, 6) is -4.75. The van der Waals surface area contributed by atoms with Crippen LogP contribution < -0.4 is 46.6 Å². The molecule has 2 atom stereocenters. The number of carbonyl (C=O) groups excluding carboxylic acids is 5. The number of aliphatic hydroxyl groups excluding tert-OH is 1. The molecule has 19 rings (SSSR count). The predicted octanol–water partition coefficient (Wildman–Crippen LogP) is 23.4. The van der Waals surface area contributed by atoms with Crippen molar-refractivity contribution in [2.24, 2.45) is 11.8 Å². The highest BCUT2D eigenvalue weighted by atomic mass is 19.4. The van der Waals surface area contributed by atoms with Crippen LogP contribution in [0.4, 0.5) is 85.4 Å². The van der Waals surface area contributed by atoms with E-state index in [1.807, 2.05) is 67.6 Å². The maximum absolute atomic E-state index is 13.5. The average Bonchev–Trinajstić information content (AvgIpc) is 1.25. The number of benzene rings is 10. The number of aliphatic hydroxyl groups is 1. The lowest BCUT2D eigenvalue weighted by atomic mass is 10.00. The normalized spacial score (nSPS) is 16.2. The number of alkyl halides is 8. The molecule has 2 aromatic heterocycles. The van der Waals surface area contributed by atoms with Crippen LogP contribution in [-0.4, -0.2) is 96.6 Å². The Kier molecular flexibility index (Phi) is 31.4. The molecule has 134 heavy (non-hydrogen) atoms. The van der Waals surface area contributed by atoms with Crippen molar-refractivity contribution in [1.29, 1.82) is 0 Å². The van der Waals surface area contributed by atoms with Crippen LogP contribution in [0.2, 0.25) is 0 Å². The number of urea groups is 1. The summed E-state index contributed by atoms with van der Waals surface area (Å²) in [4.78, 5) is 65.2. The molecule has 2 aliphatic carbocycles. The molecule has 2 unspecified atom stereocenters. The molecule has 19 nitrogen and oxygen atoms in total. The van der Waals surface area contributed by atoms with Crippen molar-refractivity contribution in [3.8, 4) is 0 Å². The molecule has 0 bridgehead atoms. The highest BCUT2D eigenvalue weighted by Gasteiger charge is 2.58. The molecule has 7 N–H and O–H groups in total. The van der Waals surface area contributed by atoms with Crippen LogP contribution >= 0.6 is 0 Å². The number of nitrogens with zero attached hydrogens (tertiary/aromatic N) is 5. The first-order chi connectivity index (χ1) is 64.7. The van der Waals surface area contributed by atoms with Gasteiger partial charge in [0, 0.05) is 176 Å². The van der Waals surface area contributed by atoms with E-state index in [1.165, 1.54) is 80.8 Å². The van der Waals surface area contributed by atoms with Gasteiger partial charge >= 0.3 is 24.3 Å². The Hall–Kier alpha value is -12.9. The number of aromatic nitrogens is 2. The fourth-order valence-corrected chi connectivity index (χ4v) is 18.1. The third-order valence-corrected chi connectivity index (χ3v) is 25.6. The molecule has 6 amide bonds. The molecule has 7 heterocycles. The molecule has 12 aromatic rings. The van der Waals surface area contributed by atoms with Crippen molar-refractivity contribution in [3.05, 3.63) is 309 Å². The molecule has 10 aromatic carbocycles. The summed E-state index contributed by atoms with van der Waals surface area (Å²) >= 11 is 0. The fourth-order valence-electron chi connectivity index (χ4n) is 18.1. The fraction of sp³-hybridized carbons (Fsp3) is 0.355. The van der Waals surface area contributed by atoms with E-state index in [9.17, 15) is 59.1 Å². The number of amides is 6. The monoisotopic (exact) mass is 1830 g/mol. The minimum atomic E-state index is -5.62. The molecule has 702 valence electrons. The van der Waals surface area contributed by atoms with Gasteiger partial charge in [0.15, 0.2) is 0 Å². The molecule has 2 saturated heterocycles. The lowest BCUT2D eigenvalue weighted by molar-refractivity contribution is -0.289. The Morgan fingerprint density at radius 1 is 0.396 bits per heavy atom. The number of hydrogen-bond acceptors (Lipinski definition) is 11. The number of nitrogens with one attached hydrogen (secondary N) is 6. The maximum atomic E-state index is 13.5. The molecule has 4 fully saturated rings. The van der Waals surface area contributed by atoms with E-state index in [-0.39, 0.29) is 47.8 Å². The zero-order valence-corrected chi connectivity index (χ0v) is 75.7. The van der Waals surface area contributed by atoms with Crippen molar-refractivity contribution >= 4 is 97.0 Å². The van der Waals surface area contributed by atoms with E-state index in [0.717, 1.165) is 234 Å². The Bertz CT molecular complexity index is 6020. The second kappa shape index (κ2) is 43.9. The second-order valence-corrected chi connectivity index (χ2v) is 35.4.